The molecule has 8 aromatic carbocycles. The number of carbonyl (C=O) groups is 1. The second-order valence-corrected chi connectivity index (χ2v) is 21.8. The quantitative estimate of drug-likeness (QED) is 0.0889. The van der Waals surface area contributed by atoms with Gasteiger partial charge >= 0.3 is 0 Å². The van der Waals surface area contributed by atoms with Gasteiger partial charge in [-0.05, 0) is 138 Å². The fourth-order valence-electron chi connectivity index (χ4n) is 10.2. The predicted octanol–water partition coefficient (Wildman–Crippen LogP) is 19.3. The third kappa shape index (κ3) is 11.5. The zero-order valence-corrected chi connectivity index (χ0v) is 47.1. The number of hydrogen-bond acceptors (Lipinski definition) is 4. The molecule has 1 radical (unpaired) electrons. The van der Waals surface area contributed by atoms with E-state index in [4.69, 9.17) is 9.97 Å². The van der Waals surface area contributed by atoms with Gasteiger partial charge in [0.25, 0.3) is 0 Å². The molecule has 5 heteroatoms. The molecule has 10 rings (SSSR count). The van der Waals surface area contributed by atoms with Crippen LogP contribution in [0.15, 0.2) is 182 Å². The minimum absolute atomic E-state index is 0. The summed E-state index contributed by atoms with van der Waals surface area (Å²) in [6.45, 7) is 23.8. The third-order valence-electron chi connectivity index (χ3n) is 15.0. The molecule has 0 amide bonds. The van der Waals surface area contributed by atoms with Gasteiger partial charge in [-0.3, -0.25) is 14.8 Å². The molecule has 0 aliphatic carbocycles. The van der Waals surface area contributed by atoms with Crippen LogP contribution in [0.25, 0.3) is 87.1 Å². The summed E-state index contributed by atoms with van der Waals surface area (Å²) >= 11 is 0. The number of hydrogen-bond donors (Lipinski definition) is 1. The van der Waals surface area contributed by atoms with Crippen LogP contribution in [-0.4, -0.2) is 20.9 Å². The van der Waals surface area contributed by atoms with Crippen LogP contribution in [0.1, 0.15) is 113 Å². The number of benzene rings is 8. The van der Waals surface area contributed by atoms with E-state index in [1.807, 2.05) is 47.0 Å². The van der Waals surface area contributed by atoms with Crippen molar-refractivity contribution in [2.24, 2.45) is 11.3 Å². The van der Waals surface area contributed by atoms with Crippen molar-refractivity contribution in [3.8, 4) is 22.5 Å². The summed E-state index contributed by atoms with van der Waals surface area (Å²) in [5.41, 5.74) is 7.08. The minimum atomic E-state index is -0.248. The topological polar surface area (TPSA) is 63.1 Å². The smallest absolute Gasteiger partial charge is 0.162 e. The van der Waals surface area contributed by atoms with Gasteiger partial charge in [0.05, 0.1) is 11.4 Å². The van der Waals surface area contributed by atoms with E-state index in [1.165, 1.54) is 93.0 Å². The van der Waals surface area contributed by atoms with Gasteiger partial charge in [0, 0.05) is 71.8 Å². The van der Waals surface area contributed by atoms with Crippen LogP contribution in [-0.2, 0) is 35.7 Å². The minimum Gasteiger partial charge on any atom is -0.512 e. The van der Waals surface area contributed by atoms with E-state index in [1.54, 1.807) is 0 Å². The molecule has 0 bridgehead atoms. The first-order valence-electron chi connectivity index (χ1n) is 26.0. The Hall–Kier alpha value is -6.52. The number of nitrogens with zero attached hydrogens (tertiary/aromatic N) is 2. The van der Waals surface area contributed by atoms with E-state index >= 15 is 0 Å². The van der Waals surface area contributed by atoms with Crippen molar-refractivity contribution in [1.29, 1.82) is 0 Å². The van der Waals surface area contributed by atoms with Crippen LogP contribution in [0.5, 0.6) is 0 Å². The van der Waals surface area contributed by atoms with Gasteiger partial charge in [0.1, 0.15) is 5.76 Å². The molecule has 375 valence electrons. The number of aromatic nitrogens is 2. The van der Waals surface area contributed by atoms with Crippen LogP contribution in [0, 0.1) is 11.3 Å². The molecule has 2 aromatic heterocycles. The summed E-state index contributed by atoms with van der Waals surface area (Å²) in [5.74, 6) is 0.366. The van der Waals surface area contributed by atoms with Crippen molar-refractivity contribution in [3.63, 3.8) is 0 Å². The number of carbonyl (C=O) groups excluding carboxylic acids is 1. The molecular formula is C68H72IrN2O2. The monoisotopic (exact) mass is 1140 g/mol. The van der Waals surface area contributed by atoms with E-state index in [0.717, 1.165) is 37.1 Å². The van der Waals surface area contributed by atoms with Crippen LogP contribution in [0.4, 0.5) is 0 Å². The molecule has 10 aromatic rings. The Kier molecular flexibility index (Phi) is 16.9. The summed E-state index contributed by atoms with van der Waals surface area (Å²) in [6, 6.07) is 56.8. The maximum absolute atomic E-state index is 11.9. The number of pyridine rings is 2. The van der Waals surface area contributed by atoms with Crippen molar-refractivity contribution in [2.75, 3.05) is 0 Å². The van der Waals surface area contributed by atoms with Gasteiger partial charge in [0.2, 0.25) is 0 Å². The number of rotatable bonds is 9. The molecule has 0 fully saturated rings. The summed E-state index contributed by atoms with van der Waals surface area (Å²) in [7, 11) is 0. The van der Waals surface area contributed by atoms with Gasteiger partial charge in [-0.15, -0.1) is 0 Å². The molecule has 0 saturated carbocycles. The molecule has 1 N–H and O–H groups in total. The van der Waals surface area contributed by atoms with Gasteiger partial charge in [-0.25, -0.2) is 0 Å². The largest absolute Gasteiger partial charge is 0.512 e. The maximum Gasteiger partial charge on any atom is 0.162 e. The SMILES string of the molecule is CC(C)(C)c1cc(-c2nccc3ccc4ccccc4c23)cc2ccccc12.CC(C)(C)c1cc(-c2nccc3ccc4ccccc4c23)cc2ccccc12.CCC(CC)C(=O)/C=C(\O)C(C)(CC)CC.[Ir]. The number of ketones is 1. The average molecular weight is 1140 g/mol. The standard InChI is InChI=1S/2C27H23N.C14H26O2.Ir/c2*1-27(2,3)24-17-21(16-20-9-5-6-10-22(20)24)26-25-19(14-15-28-26)13-12-18-8-4-7-11-23(18)25;1-6-11(7-2)12(15)10-13(16)14(5,8-3)9-4;/h2*4-17H,1-3H3;10-11,16H,6-9H2,1-5H3;/b;;13-10-;. The Bertz CT molecular complexity index is 3390. The van der Waals surface area contributed by atoms with E-state index in [0.29, 0.717) is 0 Å². The van der Waals surface area contributed by atoms with Crippen LogP contribution in [0.2, 0.25) is 0 Å². The van der Waals surface area contributed by atoms with E-state index < -0.39 is 0 Å². The van der Waals surface area contributed by atoms with Gasteiger partial charge in [-0.2, -0.15) is 0 Å². The van der Waals surface area contributed by atoms with Crippen LogP contribution < -0.4 is 0 Å². The summed E-state index contributed by atoms with van der Waals surface area (Å²) in [6.07, 6.45) is 8.69. The Morgan fingerprint density at radius 3 is 1.21 bits per heavy atom. The zero-order valence-electron chi connectivity index (χ0n) is 44.7. The second kappa shape index (κ2) is 22.7. The Labute approximate surface area is 447 Å². The molecule has 73 heavy (non-hydrogen) atoms. The Morgan fingerprint density at radius 2 is 0.836 bits per heavy atom. The molecule has 0 aliphatic heterocycles. The molecule has 2 heterocycles. The summed E-state index contributed by atoms with van der Waals surface area (Å²) < 4.78 is 0. The van der Waals surface area contributed by atoms with E-state index in [9.17, 15) is 9.90 Å². The molecule has 0 saturated heterocycles. The predicted molar refractivity (Wildman–Crippen MR) is 310 cm³/mol. The summed E-state index contributed by atoms with van der Waals surface area (Å²) in [5, 5.41) is 25.1. The number of aliphatic hydroxyl groups excluding tert-OH is 1. The fraction of sp³-hybridized carbons (Fsp3) is 0.279. The van der Waals surface area contributed by atoms with E-state index in [2.05, 4.69) is 199 Å². The maximum atomic E-state index is 11.9. The summed E-state index contributed by atoms with van der Waals surface area (Å²) in [4.78, 5) is 21.6. The van der Waals surface area contributed by atoms with E-state index in [-0.39, 0.29) is 53.8 Å². The second-order valence-electron chi connectivity index (χ2n) is 21.8. The van der Waals surface area contributed by atoms with Gasteiger partial charge < -0.3 is 5.11 Å². The average Bonchev–Trinajstić information content (AvgIpc) is 3.39. The number of fused-ring (bicyclic) bond motifs is 8. The molecule has 0 spiro atoms. The van der Waals surface area contributed by atoms with Gasteiger partial charge in [-0.1, -0.05) is 197 Å². The van der Waals surface area contributed by atoms with Crippen LogP contribution >= 0.6 is 0 Å². The van der Waals surface area contributed by atoms with Crippen molar-refractivity contribution >= 4 is 70.4 Å². The van der Waals surface area contributed by atoms with Gasteiger partial charge in [0.15, 0.2) is 5.78 Å². The first kappa shape index (κ1) is 54.3. The van der Waals surface area contributed by atoms with Crippen molar-refractivity contribution in [1.82, 2.24) is 9.97 Å². The molecule has 0 atom stereocenters. The Morgan fingerprint density at radius 1 is 0.479 bits per heavy atom. The van der Waals surface area contributed by atoms with Crippen molar-refractivity contribution in [2.45, 2.75) is 113 Å². The molecule has 4 nitrogen and oxygen atoms in total. The molecular weight excluding hydrogens is 1070 g/mol. The molecule has 0 unspecified atom stereocenters. The zero-order chi connectivity index (χ0) is 51.4. The Balaban J connectivity index is 0.000000166. The van der Waals surface area contributed by atoms with Crippen LogP contribution in [0.3, 0.4) is 0 Å². The fourth-order valence-corrected chi connectivity index (χ4v) is 10.2. The first-order valence-corrected chi connectivity index (χ1v) is 26.0. The first-order chi connectivity index (χ1) is 34.5. The van der Waals surface area contributed by atoms with Crippen molar-refractivity contribution in [3.05, 3.63) is 193 Å². The third-order valence-corrected chi connectivity index (χ3v) is 15.0. The van der Waals surface area contributed by atoms with Crippen molar-refractivity contribution < 1.29 is 30.0 Å². The number of aliphatic hydroxyl groups is 1. The number of allylic oxidation sites excluding steroid dienone is 2. The normalized spacial score (nSPS) is 12.2. The molecule has 0 aliphatic rings.